The standard InChI is InChI=1S/C75H59N4O.Pt/c1-74(2,3)53-39-40-76-70(45-53)79-69-47-56(37-38-61(69)64-34-22-33-58(73(64)79)49-23-10-7-11-24-49)80-57-42-52(71-62-31-18-16-29-59(62)60-30-17-19-32-63(60)71)41-55(46-57)77-48-78(68-36-21-20-35-67(68)77)72-65(50-25-12-8-13-26-50)43-54(75(4,5)6)44-66(72)51-27-14-9-15-28-51;/h7-45,48,71H,1-6H3;/q-3;. The van der Waals surface area contributed by atoms with E-state index in [0.717, 1.165) is 89.3 Å². The van der Waals surface area contributed by atoms with Gasteiger partial charge in [-0.05, 0) is 103 Å². The van der Waals surface area contributed by atoms with Gasteiger partial charge in [0.05, 0.1) is 0 Å². The van der Waals surface area contributed by atoms with E-state index < -0.39 is 0 Å². The Morgan fingerprint density at radius 2 is 1.00 bits per heavy atom. The molecule has 1 aliphatic heterocycles. The van der Waals surface area contributed by atoms with Crippen molar-refractivity contribution in [2.75, 3.05) is 9.80 Å². The summed E-state index contributed by atoms with van der Waals surface area (Å²) >= 11 is 0. The Morgan fingerprint density at radius 1 is 0.457 bits per heavy atom. The van der Waals surface area contributed by atoms with Gasteiger partial charge in [-0.2, -0.15) is 6.07 Å². The quantitative estimate of drug-likeness (QED) is 0.135. The predicted molar refractivity (Wildman–Crippen MR) is 331 cm³/mol. The number of aromatic nitrogens is 2. The number of fused-ring (bicyclic) bond motifs is 7. The van der Waals surface area contributed by atoms with Gasteiger partial charge in [0.25, 0.3) is 0 Å². The number of nitrogens with zero attached hydrogens (tertiary/aromatic N) is 4. The molecular weight excluding hydrogens is 1170 g/mol. The van der Waals surface area contributed by atoms with Gasteiger partial charge in [-0.15, -0.1) is 53.6 Å². The van der Waals surface area contributed by atoms with Gasteiger partial charge in [0.15, 0.2) is 0 Å². The SMILES string of the molecule is CC(C)(C)c1ccnc(-n2c3[c-]c(Oc4[c-]c(N5[CH-]N(c6c(-c7ccccc7)cc(C(C)(C)C)cc6-c6ccccc6)c6ccccc65)cc(C5c6ccccc6-c6ccccc65)c4)ccc3c3cccc(-c4ccccc4)c32)c1.[Pt]. The Kier molecular flexibility index (Phi) is 13.0. The monoisotopic (exact) mass is 1230 g/mol. The number of hydrogen-bond donors (Lipinski definition) is 0. The van der Waals surface area contributed by atoms with Crippen LogP contribution in [-0.4, -0.2) is 9.55 Å². The third-order valence-corrected chi connectivity index (χ3v) is 16.1. The van der Waals surface area contributed by atoms with Crippen molar-refractivity contribution in [3.63, 3.8) is 0 Å². The summed E-state index contributed by atoms with van der Waals surface area (Å²) in [5.41, 5.74) is 21.3. The van der Waals surface area contributed by atoms with Crippen molar-refractivity contribution in [1.82, 2.24) is 9.55 Å². The van der Waals surface area contributed by atoms with E-state index >= 15 is 0 Å². The number of benzene rings is 10. The first-order valence-electron chi connectivity index (χ1n) is 27.7. The van der Waals surface area contributed by atoms with E-state index in [-0.39, 0.29) is 37.8 Å². The fraction of sp³-hybridized carbons (Fsp3) is 0.120. The number of ether oxygens (including phenoxy) is 1. The molecule has 12 aromatic rings. The largest absolute Gasteiger partial charge is 0.509 e. The first-order chi connectivity index (χ1) is 38.9. The first kappa shape index (κ1) is 51.7. The maximum Gasteiger partial charge on any atom is 0.135 e. The van der Waals surface area contributed by atoms with Crippen LogP contribution in [0.15, 0.2) is 237 Å². The number of rotatable bonds is 9. The molecule has 0 radical (unpaired) electrons. The second kappa shape index (κ2) is 20.4. The van der Waals surface area contributed by atoms with E-state index in [0.29, 0.717) is 11.5 Å². The second-order valence-corrected chi connectivity index (χ2v) is 23.3. The third-order valence-electron chi connectivity index (χ3n) is 16.1. The number of para-hydroxylation sites is 3. The fourth-order valence-corrected chi connectivity index (χ4v) is 12.1. The van der Waals surface area contributed by atoms with E-state index in [4.69, 9.17) is 9.72 Å². The van der Waals surface area contributed by atoms with E-state index in [9.17, 15) is 0 Å². The smallest absolute Gasteiger partial charge is 0.135 e. The number of pyridine rings is 1. The third kappa shape index (κ3) is 9.15. The topological polar surface area (TPSA) is 33.5 Å². The van der Waals surface area contributed by atoms with Crippen molar-refractivity contribution in [3.05, 3.63) is 283 Å². The second-order valence-electron chi connectivity index (χ2n) is 23.3. The minimum absolute atomic E-state index is 0. The zero-order chi connectivity index (χ0) is 54.3. The molecule has 81 heavy (non-hydrogen) atoms. The van der Waals surface area contributed by atoms with Crippen molar-refractivity contribution in [3.8, 4) is 61.8 Å². The summed E-state index contributed by atoms with van der Waals surface area (Å²) in [5.74, 6) is 1.94. The van der Waals surface area contributed by atoms with Gasteiger partial charge >= 0.3 is 0 Å². The molecule has 398 valence electrons. The van der Waals surface area contributed by atoms with E-state index in [2.05, 4.69) is 305 Å². The van der Waals surface area contributed by atoms with Crippen LogP contribution in [0.2, 0.25) is 0 Å². The number of anilines is 4. The molecule has 10 aromatic carbocycles. The summed E-state index contributed by atoms with van der Waals surface area (Å²) in [5, 5.41) is 2.18. The molecule has 2 aliphatic rings. The minimum Gasteiger partial charge on any atom is -0.509 e. The van der Waals surface area contributed by atoms with Gasteiger partial charge in [-0.3, -0.25) is 0 Å². The molecule has 2 aromatic heterocycles. The van der Waals surface area contributed by atoms with Gasteiger partial charge in [-0.1, -0.05) is 217 Å². The van der Waals surface area contributed by atoms with Crippen molar-refractivity contribution in [2.24, 2.45) is 0 Å². The maximum atomic E-state index is 7.24. The first-order valence-corrected chi connectivity index (χ1v) is 27.7. The summed E-state index contributed by atoms with van der Waals surface area (Å²) in [4.78, 5) is 9.77. The molecule has 6 heteroatoms. The van der Waals surface area contributed by atoms with Crippen LogP contribution < -0.4 is 14.5 Å². The molecule has 0 unspecified atom stereocenters. The van der Waals surface area contributed by atoms with Crippen LogP contribution in [0.1, 0.15) is 75.3 Å². The van der Waals surface area contributed by atoms with Crippen LogP contribution in [0.5, 0.6) is 11.5 Å². The van der Waals surface area contributed by atoms with Crippen LogP contribution in [0.25, 0.3) is 72.1 Å². The van der Waals surface area contributed by atoms with Gasteiger partial charge < -0.3 is 19.1 Å². The fourth-order valence-electron chi connectivity index (χ4n) is 12.1. The molecule has 0 atom stereocenters. The molecule has 5 nitrogen and oxygen atoms in total. The molecule has 0 saturated carbocycles. The van der Waals surface area contributed by atoms with E-state index in [1.165, 1.54) is 33.4 Å². The zero-order valence-corrected chi connectivity index (χ0v) is 48.5. The van der Waals surface area contributed by atoms with Crippen molar-refractivity contribution in [2.45, 2.75) is 58.3 Å². The summed E-state index contributed by atoms with van der Waals surface area (Å²) < 4.78 is 9.52. The number of hydrogen-bond acceptors (Lipinski definition) is 4. The minimum atomic E-state index is -0.106. The Balaban J connectivity index is 0.00000618. The van der Waals surface area contributed by atoms with Gasteiger partial charge in [0, 0.05) is 83.9 Å². The predicted octanol–water partition coefficient (Wildman–Crippen LogP) is 19.7. The van der Waals surface area contributed by atoms with Crippen LogP contribution in [0, 0.1) is 18.8 Å². The molecule has 0 bridgehead atoms. The van der Waals surface area contributed by atoms with E-state index in [1.807, 2.05) is 6.20 Å². The van der Waals surface area contributed by atoms with Gasteiger partial charge in [-0.25, -0.2) is 4.98 Å². The van der Waals surface area contributed by atoms with Crippen molar-refractivity contribution < 1.29 is 25.8 Å². The molecule has 0 amide bonds. The molecular formula is C75H59N4OPt-3. The molecule has 1 aliphatic carbocycles. The molecule has 0 N–H and O–H groups in total. The summed E-state index contributed by atoms with van der Waals surface area (Å²) in [7, 11) is 0. The summed E-state index contributed by atoms with van der Waals surface area (Å²) in [6.45, 7) is 15.9. The Bertz CT molecular complexity index is 4240. The van der Waals surface area contributed by atoms with E-state index in [1.54, 1.807) is 0 Å². The van der Waals surface area contributed by atoms with Gasteiger partial charge in [0.2, 0.25) is 0 Å². The van der Waals surface area contributed by atoms with Crippen molar-refractivity contribution in [1.29, 1.82) is 0 Å². The molecule has 0 spiro atoms. The molecule has 0 fully saturated rings. The van der Waals surface area contributed by atoms with Crippen LogP contribution >= 0.6 is 0 Å². The summed E-state index contributed by atoms with van der Waals surface area (Å²) in [6, 6.07) is 90.8. The van der Waals surface area contributed by atoms with Gasteiger partial charge in [0.1, 0.15) is 5.82 Å². The molecule has 3 heterocycles. The van der Waals surface area contributed by atoms with Crippen LogP contribution in [-0.2, 0) is 31.9 Å². The Labute approximate surface area is 490 Å². The Hall–Kier alpha value is -8.76. The summed E-state index contributed by atoms with van der Waals surface area (Å²) in [6.07, 6.45) is 1.93. The van der Waals surface area contributed by atoms with Crippen LogP contribution in [0.4, 0.5) is 22.7 Å². The van der Waals surface area contributed by atoms with Crippen molar-refractivity contribution >= 4 is 44.6 Å². The normalized spacial score (nSPS) is 13.1. The van der Waals surface area contributed by atoms with Crippen LogP contribution in [0.3, 0.4) is 0 Å². The maximum absolute atomic E-state index is 7.24. The zero-order valence-electron chi connectivity index (χ0n) is 46.2. The average Bonchev–Trinajstić information content (AvgIpc) is 4.38. The molecule has 0 saturated heterocycles. The average molecular weight is 1230 g/mol. The molecule has 14 rings (SSSR count). The Morgan fingerprint density at radius 3 is 1.60 bits per heavy atom.